The number of fused-ring (bicyclic) bond motifs is 1. The van der Waals surface area contributed by atoms with Gasteiger partial charge in [0.1, 0.15) is 0 Å². The quantitative estimate of drug-likeness (QED) is 0.727. The fourth-order valence-corrected chi connectivity index (χ4v) is 1.54. The minimum absolute atomic E-state index is 0.0437. The highest BCUT2D eigenvalue weighted by Crippen LogP contribution is 2.29. The van der Waals surface area contributed by atoms with E-state index in [1.165, 1.54) is 6.20 Å². The minimum Gasteiger partial charge on any atom is -0.477 e. The Balaban J connectivity index is 2.42. The van der Waals surface area contributed by atoms with Crippen molar-refractivity contribution < 1.29 is 14.6 Å². The van der Waals surface area contributed by atoms with Crippen LogP contribution in [0.3, 0.4) is 0 Å². The third-order valence-electron chi connectivity index (χ3n) is 2.21. The third kappa shape index (κ3) is 1.34. The first-order valence-electron chi connectivity index (χ1n) is 4.41. The van der Waals surface area contributed by atoms with Crippen LogP contribution in [0.2, 0.25) is 0 Å². The topological polar surface area (TPSA) is 64.3 Å². The molecule has 1 aromatic heterocycles. The van der Waals surface area contributed by atoms with Crippen molar-refractivity contribution in [1.29, 1.82) is 0 Å². The van der Waals surface area contributed by atoms with Crippen molar-refractivity contribution in [3.05, 3.63) is 12.0 Å². The molecule has 0 unspecified atom stereocenters. The number of hydrogen-bond donors (Lipinski definition) is 1. The molecule has 0 amide bonds. The van der Waals surface area contributed by atoms with Gasteiger partial charge in [0, 0.05) is 12.0 Å². The zero-order valence-corrected chi connectivity index (χ0v) is 8.15. The van der Waals surface area contributed by atoms with E-state index in [2.05, 4.69) is 4.98 Å². The molecule has 2 rings (SSSR count). The lowest BCUT2D eigenvalue weighted by Gasteiger charge is -2.31. The molecule has 5 nitrogen and oxygen atoms in total. The molecule has 2 heterocycles. The highest BCUT2D eigenvalue weighted by Gasteiger charge is 2.30. The Morgan fingerprint density at radius 3 is 3.07 bits per heavy atom. The first kappa shape index (κ1) is 9.05. The molecule has 0 atom stereocenters. The number of carboxylic acids is 1. The first-order chi connectivity index (χ1) is 6.49. The lowest BCUT2D eigenvalue weighted by atomic mass is 9.94. The summed E-state index contributed by atoms with van der Waals surface area (Å²) in [6, 6.07) is 0. The van der Waals surface area contributed by atoms with Gasteiger partial charge in [0.15, 0.2) is 0 Å². The molecule has 0 aliphatic carbocycles. The minimum atomic E-state index is -1.02. The summed E-state index contributed by atoms with van der Waals surface area (Å²) < 4.78 is 7.01. The van der Waals surface area contributed by atoms with Gasteiger partial charge in [-0.1, -0.05) is 13.8 Å². The van der Waals surface area contributed by atoms with Crippen LogP contribution in [0.25, 0.3) is 0 Å². The lowest BCUT2D eigenvalue weighted by molar-refractivity contribution is 0.0648. The van der Waals surface area contributed by atoms with Gasteiger partial charge in [0.2, 0.25) is 11.7 Å². The maximum absolute atomic E-state index is 10.8. The summed E-state index contributed by atoms with van der Waals surface area (Å²) >= 11 is 0. The van der Waals surface area contributed by atoms with Gasteiger partial charge in [-0.05, 0) is 0 Å². The van der Waals surface area contributed by atoms with Crippen molar-refractivity contribution in [3.63, 3.8) is 0 Å². The van der Waals surface area contributed by atoms with Crippen molar-refractivity contribution in [2.24, 2.45) is 5.41 Å². The molecular formula is C9H12N2O3. The van der Waals surface area contributed by atoms with Gasteiger partial charge in [0.05, 0.1) is 12.8 Å². The summed E-state index contributed by atoms with van der Waals surface area (Å²) in [5, 5.41) is 8.86. The van der Waals surface area contributed by atoms with E-state index in [-0.39, 0.29) is 11.2 Å². The molecule has 0 aromatic carbocycles. The van der Waals surface area contributed by atoms with Crippen LogP contribution in [0.1, 0.15) is 24.5 Å². The molecule has 0 saturated carbocycles. The van der Waals surface area contributed by atoms with Crippen LogP contribution in [0.15, 0.2) is 6.20 Å². The molecule has 1 aromatic rings. The van der Waals surface area contributed by atoms with E-state index >= 15 is 0 Å². The third-order valence-corrected chi connectivity index (χ3v) is 2.21. The molecule has 0 spiro atoms. The Kier molecular flexibility index (Phi) is 1.77. The second-order valence-electron chi connectivity index (χ2n) is 4.26. The predicted octanol–water partition coefficient (Wildman–Crippen LogP) is 1.000. The number of carboxylic acid groups (broad SMARTS) is 1. The number of aromatic carboxylic acids is 1. The average Bonchev–Trinajstić information content (AvgIpc) is 2.44. The molecule has 76 valence electrons. The van der Waals surface area contributed by atoms with Crippen molar-refractivity contribution in [2.45, 2.75) is 20.4 Å². The fraction of sp³-hybridized carbons (Fsp3) is 0.556. The van der Waals surface area contributed by atoms with Gasteiger partial charge in [-0.3, -0.25) is 4.57 Å². The zero-order valence-electron chi connectivity index (χ0n) is 8.15. The molecule has 0 fully saturated rings. The van der Waals surface area contributed by atoms with E-state index in [4.69, 9.17) is 9.84 Å². The van der Waals surface area contributed by atoms with E-state index in [0.29, 0.717) is 19.0 Å². The van der Waals surface area contributed by atoms with Gasteiger partial charge in [-0.2, -0.15) is 0 Å². The van der Waals surface area contributed by atoms with Gasteiger partial charge >= 0.3 is 5.97 Å². The Morgan fingerprint density at radius 2 is 2.43 bits per heavy atom. The summed E-state index contributed by atoms with van der Waals surface area (Å²) in [5.41, 5.74) is -0.0437. The summed E-state index contributed by atoms with van der Waals surface area (Å²) in [5.74, 6) is -0.424. The van der Waals surface area contributed by atoms with Crippen LogP contribution in [0, 0.1) is 5.41 Å². The predicted molar refractivity (Wildman–Crippen MR) is 48.5 cm³/mol. The van der Waals surface area contributed by atoms with Crippen LogP contribution in [0.5, 0.6) is 5.88 Å². The number of carbonyl (C=O) groups is 1. The van der Waals surface area contributed by atoms with E-state index in [1.807, 2.05) is 13.8 Å². The second kappa shape index (κ2) is 2.73. The Bertz CT molecular complexity index is 381. The highest BCUT2D eigenvalue weighted by molar-refractivity contribution is 5.83. The number of imidazole rings is 1. The monoisotopic (exact) mass is 196 g/mol. The van der Waals surface area contributed by atoms with Gasteiger partial charge in [0.25, 0.3) is 0 Å². The Morgan fingerprint density at radius 1 is 1.71 bits per heavy atom. The zero-order chi connectivity index (χ0) is 10.3. The molecular weight excluding hydrogens is 184 g/mol. The summed E-state index contributed by atoms with van der Waals surface area (Å²) in [7, 11) is 0. The van der Waals surface area contributed by atoms with Crippen molar-refractivity contribution in [1.82, 2.24) is 9.55 Å². The molecule has 0 radical (unpaired) electrons. The van der Waals surface area contributed by atoms with Gasteiger partial charge < -0.3 is 9.84 Å². The van der Waals surface area contributed by atoms with Crippen LogP contribution in [0.4, 0.5) is 0 Å². The number of ether oxygens (including phenoxy) is 1. The maximum Gasteiger partial charge on any atom is 0.372 e. The number of hydrogen-bond acceptors (Lipinski definition) is 3. The molecule has 5 heteroatoms. The molecule has 0 saturated heterocycles. The molecule has 0 bridgehead atoms. The average molecular weight is 196 g/mol. The molecule has 1 aliphatic rings. The first-order valence-corrected chi connectivity index (χ1v) is 4.41. The van der Waals surface area contributed by atoms with Crippen LogP contribution < -0.4 is 4.74 Å². The molecule has 1 aliphatic heterocycles. The van der Waals surface area contributed by atoms with Crippen LogP contribution in [-0.4, -0.2) is 27.2 Å². The summed E-state index contributed by atoms with van der Waals surface area (Å²) in [6.07, 6.45) is 1.46. The van der Waals surface area contributed by atoms with E-state index in [9.17, 15) is 4.79 Å². The van der Waals surface area contributed by atoms with Crippen LogP contribution >= 0.6 is 0 Å². The smallest absolute Gasteiger partial charge is 0.372 e. The van der Waals surface area contributed by atoms with Crippen molar-refractivity contribution in [2.75, 3.05) is 6.61 Å². The number of rotatable bonds is 1. The SMILES string of the molecule is CC1(C)COc2cnc(C(=O)O)n2C1. The Hall–Kier alpha value is -1.52. The van der Waals surface area contributed by atoms with Gasteiger partial charge in [-0.15, -0.1) is 0 Å². The summed E-state index contributed by atoms with van der Waals surface area (Å²) in [4.78, 5) is 14.6. The van der Waals surface area contributed by atoms with E-state index in [1.54, 1.807) is 4.57 Å². The molecule has 14 heavy (non-hydrogen) atoms. The standard InChI is InChI=1S/C9H12N2O3/c1-9(2)4-11-6(14-5-9)3-10-7(11)8(12)13/h3H,4-5H2,1-2H3,(H,12,13). The fourth-order valence-electron chi connectivity index (χ4n) is 1.54. The lowest BCUT2D eigenvalue weighted by Crippen LogP contribution is -2.33. The van der Waals surface area contributed by atoms with Crippen molar-refractivity contribution >= 4 is 5.97 Å². The number of nitrogens with zero attached hydrogens (tertiary/aromatic N) is 2. The Labute approximate surface area is 81.3 Å². The second-order valence-corrected chi connectivity index (χ2v) is 4.26. The van der Waals surface area contributed by atoms with E-state index in [0.717, 1.165) is 0 Å². The molecule has 1 N–H and O–H groups in total. The normalized spacial score (nSPS) is 18.4. The maximum atomic E-state index is 10.8. The highest BCUT2D eigenvalue weighted by atomic mass is 16.5. The summed E-state index contributed by atoms with van der Waals surface area (Å²) in [6.45, 7) is 5.28. The van der Waals surface area contributed by atoms with E-state index < -0.39 is 5.97 Å². The number of aromatic nitrogens is 2. The van der Waals surface area contributed by atoms with Gasteiger partial charge in [-0.25, -0.2) is 9.78 Å². The largest absolute Gasteiger partial charge is 0.477 e. The van der Waals surface area contributed by atoms with Crippen LogP contribution in [-0.2, 0) is 6.54 Å². The van der Waals surface area contributed by atoms with Crippen molar-refractivity contribution in [3.8, 4) is 5.88 Å².